The van der Waals surface area contributed by atoms with Gasteiger partial charge < -0.3 is 0 Å². The largest absolute Gasteiger partial charge is 0.256 e. The fourth-order valence-electron chi connectivity index (χ4n) is 4.02. The topological polar surface area (TPSA) is 12.9 Å². The standard InChI is InChI=1S/C25H25N/c1-16-13-17(2)15-19(14-16)24-23-18(11-12-26-24)9-10-20-21(23)7-6-8-22(20)25(3,4)5/h6-15H,1-5H3. The van der Waals surface area contributed by atoms with E-state index in [2.05, 4.69) is 89.2 Å². The Labute approximate surface area is 155 Å². The molecule has 1 nitrogen and oxygen atoms in total. The van der Waals surface area contributed by atoms with Crippen LogP contribution in [0.4, 0.5) is 0 Å². The Morgan fingerprint density at radius 3 is 2.19 bits per heavy atom. The van der Waals surface area contributed by atoms with E-state index in [0.29, 0.717) is 0 Å². The number of nitrogens with zero attached hydrogens (tertiary/aromatic N) is 1. The van der Waals surface area contributed by atoms with Crippen LogP contribution in [0.25, 0.3) is 32.8 Å². The molecule has 0 radical (unpaired) electrons. The number of aryl methyl sites for hydroxylation is 2. The Morgan fingerprint density at radius 2 is 1.50 bits per heavy atom. The molecule has 0 bridgehead atoms. The lowest BCUT2D eigenvalue weighted by molar-refractivity contribution is 0.596. The van der Waals surface area contributed by atoms with Crippen molar-refractivity contribution in [3.63, 3.8) is 0 Å². The first-order valence-electron chi connectivity index (χ1n) is 9.24. The molecule has 0 aliphatic carbocycles. The first kappa shape index (κ1) is 16.8. The molecule has 0 saturated carbocycles. The Kier molecular flexibility index (Phi) is 3.84. The number of rotatable bonds is 1. The van der Waals surface area contributed by atoms with Crippen molar-refractivity contribution in [2.24, 2.45) is 0 Å². The van der Waals surface area contributed by atoms with Gasteiger partial charge >= 0.3 is 0 Å². The average molecular weight is 339 g/mol. The van der Waals surface area contributed by atoms with Gasteiger partial charge in [0.2, 0.25) is 0 Å². The van der Waals surface area contributed by atoms with Gasteiger partial charge in [0, 0.05) is 17.1 Å². The van der Waals surface area contributed by atoms with Crippen LogP contribution in [0.2, 0.25) is 0 Å². The van der Waals surface area contributed by atoms with E-state index in [9.17, 15) is 0 Å². The quantitative estimate of drug-likeness (QED) is 0.341. The third-order valence-electron chi connectivity index (χ3n) is 5.09. The third-order valence-corrected chi connectivity index (χ3v) is 5.09. The first-order chi connectivity index (χ1) is 12.3. The molecular weight excluding hydrogens is 314 g/mol. The average Bonchev–Trinajstić information content (AvgIpc) is 2.58. The summed E-state index contributed by atoms with van der Waals surface area (Å²) < 4.78 is 0. The molecule has 1 heteroatoms. The molecule has 0 amide bonds. The number of hydrogen-bond donors (Lipinski definition) is 0. The molecule has 1 heterocycles. The number of hydrogen-bond acceptors (Lipinski definition) is 1. The number of pyridine rings is 1. The minimum atomic E-state index is 0.107. The highest BCUT2D eigenvalue weighted by Gasteiger charge is 2.18. The molecule has 0 unspecified atom stereocenters. The number of aromatic nitrogens is 1. The van der Waals surface area contributed by atoms with Gasteiger partial charge in [-0.05, 0) is 59.2 Å². The van der Waals surface area contributed by atoms with E-state index in [0.717, 1.165) is 5.69 Å². The number of benzene rings is 3. The van der Waals surface area contributed by atoms with Gasteiger partial charge in [-0.25, -0.2) is 0 Å². The zero-order valence-electron chi connectivity index (χ0n) is 16.2. The molecule has 26 heavy (non-hydrogen) atoms. The lowest BCUT2D eigenvalue weighted by Gasteiger charge is -2.22. The van der Waals surface area contributed by atoms with Crippen LogP contribution in [0.3, 0.4) is 0 Å². The second kappa shape index (κ2) is 5.95. The monoisotopic (exact) mass is 339 g/mol. The maximum atomic E-state index is 4.80. The molecule has 3 aromatic carbocycles. The summed E-state index contributed by atoms with van der Waals surface area (Å²) in [5, 5.41) is 5.11. The summed E-state index contributed by atoms with van der Waals surface area (Å²) in [7, 11) is 0. The zero-order chi connectivity index (χ0) is 18.5. The van der Waals surface area contributed by atoms with Gasteiger partial charge in [-0.3, -0.25) is 4.98 Å². The van der Waals surface area contributed by atoms with Gasteiger partial charge in [-0.1, -0.05) is 68.3 Å². The van der Waals surface area contributed by atoms with Crippen LogP contribution in [0.5, 0.6) is 0 Å². The minimum Gasteiger partial charge on any atom is -0.256 e. The van der Waals surface area contributed by atoms with E-state index in [1.165, 1.54) is 43.8 Å². The van der Waals surface area contributed by atoms with Crippen LogP contribution in [0.1, 0.15) is 37.5 Å². The van der Waals surface area contributed by atoms with Crippen molar-refractivity contribution in [1.82, 2.24) is 4.98 Å². The summed E-state index contributed by atoms with van der Waals surface area (Å²) >= 11 is 0. The third kappa shape index (κ3) is 2.78. The molecule has 0 aliphatic heterocycles. The second-order valence-corrected chi connectivity index (χ2v) is 8.35. The predicted octanol–water partition coefficient (Wildman–Crippen LogP) is 6.97. The van der Waals surface area contributed by atoms with Crippen molar-refractivity contribution in [2.75, 3.05) is 0 Å². The van der Waals surface area contributed by atoms with Gasteiger partial charge in [0.15, 0.2) is 0 Å². The van der Waals surface area contributed by atoms with Crippen LogP contribution >= 0.6 is 0 Å². The highest BCUT2D eigenvalue weighted by molar-refractivity contribution is 6.14. The first-order valence-corrected chi connectivity index (χ1v) is 9.24. The Balaban J connectivity index is 2.14. The van der Waals surface area contributed by atoms with E-state index in [1.807, 2.05) is 6.20 Å². The summed E-state index contributed by atoms with van der Waals surface area (Å²) in [6.07, 6.45) is 1.93. The van der Waals surface area contributed by atoms with Crippen LogP contribution in [-0.4, -0.2) is 4.98 Å². The van der Waals surface area contributed by atoms with Crippen molar-refractivity contribution in [3.8, 4) is 11.3 Å². The lowest BCUT2D eigenvalue weighted by atomic mass is 9.82. The molecule has 0 fully saturated rings. The van der Waals surface area contributed by atoms with Crippen LogP contribution < -0.4 is 0 Å². The van der Waals surface area contributed by atoms with E-state index in [4.69, 9.17) is 4.98 Å². The Hall–Kier alpha value is -2.67. The molecule has 0 saturated heterocycles. The molecule has 0 atom stereocenters. The minimum absolute atomic E-state index is 0.107. The van der Waals surface area contributed by atoms with Crippen molar-refractivity contribution in [1.29, 1.82) is 0 Å². The fraction of sp³-hybridized carbons (Fsp3) is 0.240. The molecule has 130 valence electrons. The van der Waals surface area contributed by atoms with Crippen molar-refractivity contribution in [3.05, 3.63) is 77.5 Å². The normalized spacial score (nSPS) is 12.0. The summed E-state index contributed by atoms with van der Waals surface area (Å²) in [4.78, 5) is 4.80. The van der Waals surface area contributed by atoms with Crippen molar-refractivity contribution < 1.29 is 0 Å². The van der Waals surface area contributed by atoms with Crippen molar-refractivity contribution >= 4 is 21.5 Å². The smallest absolute Gasteiger partial charge is 0.0786 e. The summed E-state index contributed by atoms with van der Waals surface area (Å²) in [5.74, 6) is 0. The molecular formula is C25H25N. The molecule has 4 aromatic rings. The Bertz CT molecular complexity index is 1110. The molecule has 0 N–H and O–H groups in total. The highest BCUT2D eigenvalue weighted by atomic mass is 14.7. The maximum Gasteiger partial charge on any atom is 0.0786 e. The zero-order valence-corrected chi connectivity index (χ0v) is 16.2. The Morgan fingerprint density at radius 1 is 0.769 bits per heavy atom. The highest BCUT2D eigenvalue weighted by Crippen LogP contribution is 2.37. The lowest BCUT2D eigenvalue weighted by Crippen LogP contribution is -2.11. The maximum absolute atomic E-state index is 4.80. The fourth-order valence-corrected chi connectivity index (χ4v) is 4.02. The molecule has 1 aromatic heterocycles. The van der Waals surface area contributed by atoms with Crippen LogP contribution in [-0.2, 0) is 5.41 Å². The predicted molar refractivity (Wildman–Crippen MR) is 113 cm³/mol. The molecule has 4 rings (SSSR count). The van der Waals surface area contributed by atoms with Crippen molar-refractivity contribution in [2.45, 2.75) is 40.0 Å². The van der Waals surface area contributed by atoms with E-state index >= 15 is 0 Å². The van der Waals surface area contributed by atoms with Gasteiger partial charge in [0.1, 0.15) is 0 Å². The second-order valence-electron chi connectivity index (χ2n) is 8.35. The van der Waals surface area contributed by atoms with E-state index < -0.39 is 0 Å². The summed E-state index contributed by atoms with van der Waals surface area (Å²) in [6, 6.07) is 20.0. The van der Waals surface area contributed by atoms with Gasteiger partial charge in [-0.2, -0.15) is 0 Å². The van der Waals surface area contributed by atoms with E-state index in [1.54, 1.807) is 0 Å². The SMILES string of the molecule is Cc1cc(C)cc(-c2nccc3ccc4c(C(C)(C)C)cccc4c23)c1. The molecule has 0 spiro atoms. The summed E-state index contributed by atoms with van der Waals surface area (Å²) in [5.41, 5.74) is 6.30. The van der Waals surface area contributed by atoms with Crippen LogP contribution in [0.15, 0.2) is 60.8 Å². The summed E-state index contributed by atoms with van der Waals surface area (Å²) in [6.45, 7) is 11.1. The van der Waals surface area contributed by atoms with Gasteiger partial charge in [0.25, 0.3) is 0 Å². The van der Waals surface area contributed by atoms with Gasteiger partial charge in [-0.15, -0.1) is 0 Å². The molecule has 0 aliphatic rings. The van der Waals surface area contributed by atoms with Gasteiger partial charge in [0.05, 0.1) is 5.69 Å². The van der Waals surface area contributed by atoms with E-state index in [-0.39, 0.29) is 5.41 Å². The number of fused-ring (bicyclic) bond motifs is 3. The van der Waals surface area contributed by atoms with Crippen LogP contribution in [0, 0.1) is 13.8 Å².